The van der Waals surface area contributed by atoms with E-state index in [9.17, 15) is 14.9 Å². The maximum absolute atomic E-state index is 12.9. The summed E-state index contributed by atoms with van der Waals surface area (Å²) in [6.07, 6.45) is 4.71. The van der Waals surface area contributed by atoms with Gasteiger partial charge < -0.3 is 19.7 Å². The number of hydrogen-bond acceptors (Lipinski definition) is 6. The van der Waals surface area contributed by atoms with Crippen LogP contribution in [0, 0.1) is 10.1 Å². The second-order valence-corrected chi connectivity index (χ2v) is 7.59. The average Bonchev–Trinajstić information content (AvgIpc) is 2.81. The van der Waals surface area contributed by atoms with E-state index in [1.807, 2.05) is 23.1 Å². The van der Waals surface area contributed by atoms with Crippen molar-refractivity contribution in [3.63, 3.8) is 0 Å². The van der Waals surface area contributed by atoms with E-state index in [2.05, 4.69) is 5.32 Å². The normalized spacial score (nSPS) is 15.9. The van der Waals surface area contributed by atoms with E-state index in [0.29, 0.717) is 23.7 Å². The highest BCUT2D eigenvalue weighted by Gasteiger charge is 2.26. The molecule has 2 aromatic rings. The lowest BCUT2D eigenvalue weighted by Gasteiger charge is -2.36. The maximum Gasteiger partial charge on any atom is 0.292 e. The second-order valence-electron chi connectivity index (χ2n) is 7.59. The first-order chi connectivity index (χ1) is 15.0. The van der Waals surface area contributed by atoms with Gasteiger partial charge in [-0.3, -0.25) is 14.9 Å². The molecule has 0 aromatic heterocycles. The van der Waals surface area contributed by atoms with Crippen LogP contribution in [0.4, 0.5) is 11.4 Å². The molecule has 0 spiro atoms. The van der Waals surface area contributed by atoms with Crippen LogP contribution < -0.4 is 14.8 Å². The molecule has 8 heteroatoms. The predicted octanol–water partition coefficient (Wildman–Crippen LogP) is 4.04. The fourth-order valence-electron chi connectivity index (χ4n) is 4.05. The summed E-state index contributed by atoms with van der Waals surface area (Å²) in [7, 11) is 3.23. The number of nitrogens with one attached hydrogen (secondary N) is 1. The molecule has 1 saturated heterocycles. The summed E-state index contributed by atoms with van der Waals surface area (Å²) in [6.45, 7) is 0.756. The van der Waals surface area contributed by atoms with Crippen LogP contribution in [0.1, 0.15) is 31.2 Å². The second kappa shape index (κ2) is 10.7. The molecule has 3 rings (SSSR count). The molecule has 1 unspecified atom stereocenters. The number of nitrogens with zero attached hydrogens (tertiary/aromatic N) is 2. The zero-order valence-electron chi connectivity index (χ0n) is 18.0. The molecule has 0 bridgehead atoms. The summed E-state index contributed by atoms with van der Waals surface area (Å²) in [5.41, 5.74) is 1.47. The summed E-state index contributed by atoms with van der Waals surface area (Å²) in [5.74, 6) is 1.36. The molecule has 1 N–H and O–H groups in total. The van der Waals surface area contributed by atoms with Gasteiger partial charge in [-0.15, -0.1) is 0 Å². The van der Waals surface area contributed by atoms with E-state index in [4.69, 9.17) is 9.47 Å². The number of nitro groups is 1. The van der Waals surface area contributed by atoms with Crippen molar-refractivity contribution >= 4 is 17.3 Å². The van der Waals surface area contributed by atoms with Crippen LogP contribution in [0.5, 0.6) is 11.5 Å². The minimum Gasteiger partial charge on any atom is -0.493 e. The number of rotatable bonds is 9. The van der Waals surface area contributed by atoms with E-state index >= 15 is 0 Å². The number of methoxy groups -OCH3 is 2. The molecule has 0 aliphatic carbocycles. The SMILES string of the molecule is COc1ccc(CCC2CCCCN2C(=O)CNc2ccccc2[N+](=O)[O-])cc1OC. The Morgan fingerprint density at radius 3 is 2.68 bits per heavy atom. The molecule has 2 aromatic carbocycles. The Labute approximate surface area is 182 Å². The van der Waals surface area contributed by atoms with Crippen LogP contribution in [0.2, 0.25) is 0 Å². The molecule has 1 atom stereocenters. The predicted molar refractivity (Wildman–Crippen MR) is 119 cm³/mol. The average molecular weight is 428 g/mol. The van der Waals surface area contributed by atoms with E-state index in [-0.39, 0.29) is 24.2 Å². The molecular formula is C23H29N3O5. The minimum atomic E-state index is -0.445. The van der Waals surface area contributed by atoms with Crippen molar-refractivity contribution in [3.05, 3.63) is 58.1 Å². The molecule has 1 heterocycles. The van der Waals surface area contributed by atoms with Gasteiger partial charge in [0.15, 0.2) is 11.5 Å². The Morgan fingerprint density at radius 2 is 1.94 bits per heavy atom. The first kappa shape index (κ1) is 22.4. The first-order valence-corrected chi connectivity index (χ1v) is 10.5. The van der Waals surface area contributed by atoms with Gasteiger partial charge in [0.1, 0.15) is 5.69 Å². The number of carbonyl (C=O) groups is 1. The van der Waals surface area contributed by atoms with Crippen molar-refractivity contribution in [2.24, 2.45) is 0 Å². The van der Waals surface area contributed by atoms with Gasteiger partial charge in [-0.1, -0.05) is 18.2 Å². The Hall–Kier alpha value is -3.29. The third-order valence-electron chi connectivity index (χ3n) is 5.69. The summed E-state index contributed by atoms with van der Waals surface area (Å²) in [5, 5.41) is 14.1. The third kappa shape index (κ3) is 5.65. The smallest absolute Gasteiger partial charge is 0.292 e. The topological polar surface area (TPSA) is 93.9 Å². The zero-order valence-corrected chi connectivity index (χ0v) is 18.0. The molecular weight excluding hydrogens is 398 g/mol. The minimum absolute atomic E-state index is 0.0288. The van der Waals surface area contributed by atoms with Gasteiger partial charge in [0.2, 0.25) is 5.91 Å². The lowest BCUT2D eigenvalue weighted by atomic mass is 9.95. The van der Waals surface area contributed by atoms with Crippen LogP contribution >= 0.6 is 0 Å². The standard InChI is InChI=1S/C23H29N3O5/c1-30-21-13-11-17(15-22(21)31-2)10-12-18-7-5-6-14-25(18)23(27)16-24-19-8-3-4-9-20(19)26(28)29/h3-4,8-9,11,13,15,18,24H,5-7,10,12,14,16H2,1-2H3. The van der Waals surface area contributed by atoms with Crippen LogP contribution in [0.25, 0.3) is 0 Å². The Kier molecular flexibility index (Phi) is 7.70. The Morgan fingerprint density at radius 1 is 1.16 bits per heavy atom. The van der Waals surface area contributed by atoms with Crippen molar-refractivity contribution in [1.82, 2.24) is 4.90 Å². The van der Waals surface area contributed by atoms with Crippen molar-refractivity contribution in [3.8, 4) is 11.5 Å². The lowest BCUT2D eigenvalue weighted by Crippen LogP contribution is -2.46. The van der Waals surface area contributed by atoms with E-state index in [1.54, 1.807) is 32.4 Å². The van der Waals surface area contributed by atoms with E-state index in [1.165, 1.54) is 6.07 Å². The van der Waals surface area contributed by atoms with Crippen molar-refractivity contribution in [1.29, 1.82) is 0 Å². The van der Waals surface area contributed by atoms with Crippen molar-refractivity contribution in [2.45, 2.75) is 38.1 Å². The molecule has 0 radical (unpaired) electrons. The maximum atomic E-state index is 12.9. The summed E-state index contributed by atoms with van der Waals surface area (Å²) >= 11 is 0. The Bertz CT molecular complexity index is 918. The molecule has 8 nitrogen and oxygen atoms in total. The van der Waals surface area contributed by atoms with Crippen molar-refractivity contribution < 1.29 is 19.2 Å². The summed E-state index contributed by atoms with van der Waals surface area (Å²) in [4.78, 5) is 25.6. The number of para-hydroxylation sites is 2. The molecule has 0 saturated carbocycles. The molecule has 1 fully saturated rings. The van der Waals surface area contributed by atoms with Crippen LogP contribution in [-0.4, -0.2) is 49.1 Å². The number of ether oxygens (including phenoxy) is 2. The van der Waals surface area contributed by atoms with E-state index in [0.717, 1.165) is 37.7 Å². The molecule has 31 heavy (non-hydrogen) atoms. The zero-order chi connectivity index (χ0) is 22.2. The molecule has 1 amide bonds. The first-order valence-electron chi connectivity index (χ1n) is 10.5. The van der Waals surface area contributed by atoms with Gasteiger partial charge in [-0.25, -0.2) is 0 Å². The number of hydrogen-bond donors (Lipinski definition) is 1. The summed E-state index contributed by atoms with van der Waals surface area (Å²) in [6, 6.07) is 12.4. The van der Waals surface area contributed by atoms with Crippen molar-refractivity contribution in [2.75, 3.05) is 32.6 Å². The summed E-state index contributed by atoms with van der Waals surface area (Å²) < 4.78 is 10.7. The lowest BCUT2D eigenvalue weighted by molar-refractivity contribution is -0.383. The Balaban J connectivity index is 1.61. The van der Waals surface area contributed by atoms with Gasteiger partial charge in [-0.2, -0.15) is 0 Å². The van der Waals surface area contributed by atoms with E-state index < -0.39 is 4.92 Å². The molecule has 1 aliphatic rings. The number of amides is 1. The largest absolute Gasteiger partial charge is 0.493 e. The van der Waals surface area contributed by atoms with Gasteiger partial charge in [0.25, 0.3) is 5.69 Å². The number of aryl methyl sites for hydroxylation is 1. The van der Waals surface area contributed by atoms with Crippen LogP contribution in [0.15, 0.2) is 42.5 Å². The monoisotopic (exact) mass is 427 g/mol. The van der Waals surface area contributed by atoms with Gasteiger partial charge in [0, 0.05) is 18.7 Å². The highest BCUT2D eigenvalue weighted by Crippen LogP contribution is 2.29. The number of piperidine rings is 1. The van der Waals surface area contributed by atoms with Crippen LogP contribution in [-0.2, 0) is 11.2 Å². The fraction of sp³-hybridized carbons (Fsp3) is 0.435. The third-order valence-corrected chi connectivity index (χ3v) is 5.69. The number of likely N-dealkylation sites (tertiary alicyclic amines) is 1. The van der Waals surface area contributed by atoms with Gasteiger partial charge in [0.05, 0.1) is 25.7 Å². The fourth-order valence-corrected chi connectivity index (χ4v) is 4.05. The molecule has 166 valence electrons. The van der Waals surface area contributed by atoms with Gasteiger partial charge in [-0.05, 0) is 55.9 Å². The van der Waals surface area contributed by atoms with Crippen LogP contribution in [0.3, 0.4) is 0 Å². The highest BCUT2D eigenvalue weighted by molar-refractivity contribution is 5.82. The van der Waals surface area contributed by atoms with Gasteiger partial charge >= 0.3 is 0 Å². The number of nitro benzene ring substituents is 1. The molecule has 1 aliphatic heterocycles. The number of carbonyl (C=O) groups excluding carboxylic acids is 1. The quantitative estimate of drug-likeness (QED) is 0.480. The number of benzene rings is 2. The number of anilines is 1. The highest BCUT2D eigenvalue weighted by atomic mass is 16.6.